The van der Waals surface area contributed by atoms with E-state index in [-0.39, 0.29) is 17.1 Å². The van der Waals surface area contributed by atoms with Crippen LogP contribution in [0.3, 0.4) is 0 Å². The van der Waals surface area contributed by atoms with E-state index in [2.05, 4.69) is 10.1 Å². The van der Waals surface area contributed by atoms with Gasteiger partial charge in [-0.25, -0.2) is 18.4 Å². The number of hydrogen-bond acceptors (Lipinski definition) is 3. The molecule has 3 aromatic rings. The van der Waals surface area contributed by atoms with E-state index in [4.69, 9.17) is 5.26 Å². The fourth-order valence-electron chi connectivity index (χ4n) is 2.19. The highest BCUT2D eigenvalue weighted by molar-refractivity contribution is 5.64. The molecule has 0 unspecified atom stereocenters. The molecule has 0 saturated heterocycles. The first kappa shape index (κ1) is 13.9. The third-order valence-corrected chi connectivity index (χ3v) is 3.17. The van der Waals surface area contributed by atoms with Gasteiger partial charge in [0, 0.05) is 11.8 Å². The standard InChI is InChI=1S/C16H10F2N4/c1-10-8-15(13-6-7-20-14(9-19)16(13)18)22(21-10)12-4-2-11(17)3-5-12/h2-8H,1H3. The predicted molar refractivity (Wildman–Crippen MR) is 76.2 cm³/mol. The number of rotatable bonds is 2. The van der Waals surface area contributed by atoms with E-state index < -0.39 is 5.82 Å². The van der Waals surface area contributed by atoms with Crippen molar-refractivity contribution in [2.75, 3.05) is 0 Å². The summed E-state index contributed by atoms with van der Waals surface area (Å²) < 4.78 is 28.9. The van der Waals surface area contributed by atoms with Gasteiger partial charge in [-0.15, -0.1) is 0 Å². The van der Waals surface area contributed by atoms with Gasteiger partial charge in [0.05, 0.1) is 17.1 Å². The first-order valence-electron chi connectivity index (χ1n) is 6.47. The fraction of sp³-hybridized carbons (Fsp3) is 0.0625. The Hall–Kier alpha value is -3.07. The van der Waals surface area contributed by atoms with E-state index >= 15 is 0 Å². The average molecular weight is 296 g/mol. The van der Waals surface area contributed by atoms with Gasteiger partial charge in [0.2, 0.25) is 0 Å². The highest BCUT2D eigenvalue weighted by Gasteiger charge is 2.16. The molecule has 6 heteroatoms. The molecule has 3 rings (SSSR count). The Morgan fingerprint density at radius 2 is 1.86 bits per heavy atom. The summed E-state index contributed by atoms with van der Waals surface area (Å²) in [6.45, 7) is 1.77. The van der Waals surface area contributed by atoms with E-state index in [0.717, 1.165) is 0 Å². The highest BCUT2D eigenvalue weighted by Crippen LogP contribution is 2.27. The number of pyridine rings is 1. The van der Waals surface area contributed by atoms with Crippen molar-refractivity contribution in [1.29, 1.82) is 5.26 Å². The van der Waals surface area contributed by atoms with Crippen LogP contribution in [0.25, 0.3) is 16.9 Å². The van der Waals surface area contributed by atoms with E-state index in [9.17, 15) is 8.78 Å². The lowest BCUT2D eigenvalue weighted by atomic mass is 10.1. The normalized spacial score (nSPS) is 10.5. The Morgan fingerprint density at radius 3 is 2.55 bits per heavy atom. The van der Waals surface area contributed by atoms with Crippen LogP contribution in [0.2, 0.25) is 0 Å². The topological polar surface area (TPSA) is 54.5 Å². The van der Waals surface area contributed by atoms with Crippen molar-refractivity contribution in [3.05, 3.63) is 65.6 Å². The van der Waals surface area contributed by atoms with Crippen molar-refractivity contribution in [3.63, 3.8) is 0 Å². The van der Waals surface area contributed by atoms with Gasteiger partial charge in [0.15, 0.2) is 11.5 Å². The lowest BCUT2D eigenvalue weighted by molar-refractivity contribution is 0.618. The summed E-state index contributed by atoms with van der Waals surface area (Å²) in [4.78, 5) is 3.69. The number of nitrogens with zero attached hydrogens (tertiary/aromatic N) is 4. The van der Waals surface area contributed by atoms with Crippen LogP contribution < -0.4 is 0 Å². The number of aryl methyl sites for hydroxylation is 1. The van der Waals surface area contributed by atoms with Gasteiger partial charge in [0.25, 0.3) is 0 Å². The van der Waals surface area contributed by atoms with Crippen LogP contribution in [0, 0.1) is 29.9 Å². The van der Waals surface area contributed by atoms with E-state index in [1.165, 1.54) is 29.1 Å². The maximum absolute atomic E-state index is 14.3. The zero-order valence-electron chi connectivity index (χ0n) is 11.6. The van der Waals surface area contributed by atoms with E-state index in [0.29, 0.717) is 17.1 Å². The van der Waals surface area contributed by atoms with Gasteiger partial charge >= 0.3 is 0 Å². The Bertz CT molecular complexity index is 876. The lowest BCUT2D eigenvalue weighted by Gasteiger charge is -2.08. The average Bonchev–Trinajstić information content (AvgIpc) is 2.90. The molecule has 0 radical (unpaired) electrons. The fourth-order valence-corrected chi connectivity index (χ4v) is 2.19. The van der Waals surface area contributed by atoms with Gasteiger partial charge in [0.1, 0.15) is 11.9 Å². The van der Waals surface area contributed by atoms with Crippen LogP contribution in [0.1, 0.15) is 11.4 Å². The molecule has 0 aliphatic carbocycles. The number of nitriles is 1. The summed E-state index contributed by atoms with van der Waals surface area (Å²) in [5, 5.41) is 13.2. The molecule has 108 valence electrons. The van der Waals surface area contributed by atoms with Gasteiger partial charge in [-0.3, -0.25) is 0 Å². The van der Waals surface area contributed by atoms with Crippen molar-refractivity contribution < 1.29 is 8.78 Å². The quantitative estimate of drug-likeness (QED) is 0.728. The minimum atomic E-state index is -0.701. The van der Waals surface area contributed by atoms with Crippen LogP contribution in [-0.2, 0) is 0 Å². The molecule has 4 nitrogen and oxygen atoms in total. The summed E-state index contributed by atoms with van der Waals surface area (Å²) in [7, 11) is 0. The lowest BCUT2D eigenvalue weighted by Crippen LogP contribution is -2.02. The molecule has 0 saturated carbocycles. The molecule has 22 heavy (non-hydrogen) atoms. The van der Waals surface area contributed by atoms with Crippen molar-refractivity contribution in [1.82, 2.24) is 14.8 Å². The molecule has 0 aliphatic rings. The number of halogens is 2. The van der Waals surface area contributed by atoms with Crippen LogP contribution in [0.15, 0.2) is 42.6 Å². The van der Waals surface area contributed by atoms with Crippen LogP contribution in [0.4, 0.5) is 8.78 Å². The number of benzene rings is 1. The summed E-state index contributed by atoms with van der Waals surface area (Å²) in [5.41, 5.74) is 1.69. The van der Waals surface area contributed by atoms with Crippen LogP contribution in [0.5, 0.6) is 0 Å². The highest BCUT2D eigenvalue weighted by atomic mass is 19.1. The van der Waals surface area contributed by atoms with E-state index in [1.807, 2.05) is 0 Å². The first-order chi connectivity index (χ1) is 10.6. The second kappa shape index (κ2) is 5.37. The summed E-state index contributed by atoms with van der Waals surface area (Å²) in [6.07, 6.45) is 1.37. The van der Waals surface area contributed by atoms with Crippen molar-refractivity contribution in [3.8, 4) is 23.0 Å². The molecule has 0 atom stereocenters. The van der Waals surface area contributed by atoms with Crippen LogP contribution >= 0.6 is 0 Å². The molecule has 2 heterocycles. The van der Waals surface area contributed by atoms with Gasteiger partial charge in [-0.05, 0) is 43.3 Å². The Balaban J connectivity index is 2.21. The maximum atomic E-state index is 14.3. The molecule has 2 aromatic heterocycles. The molecule has 1 aromatic carbocycles. The molecular weight excluding hydrogens is 286 g/mol. The van der Waals surface area contributed by atoms with Gasteiger partial charge in [-0.1, -0.05) is 0 Å². The smallest absolute Gasteiger partial charge is 0.176 e. The molecule has 0 fully saturated rings. The SMILES string of the molecule is Cc1cc(-c2ccnc(C#N)c2F)n(-c2ccc(F)cc2)n1. The molecular formula is C16H10F2N4. The molecule has 0 N–H and O–H groups in total. The molecule has 0 aliphatic heterocycles. The summed E-state index contributed by atoms with van der Waals surface area (Å²) in [6, 6.07) is 10.6. The second-order valence-corrected chi connectivity index (χ2v) is 4.69. The van der Waals surface area contributed by atoms with Crippen molar-refractivity contribution in [2.24, 2.45) is 0 Å². The largest absolute Gasteiger partial charge is 0.243 e. The van der Waals surface area contributed by atoms with Crippen molar-refractivity contribution >= 4 is 0 Å². The van der Waals surface area contributed by atoms with Crippen molar-refractivity contribution in [2.45, 2.75) is 6.92 Å². The second-order valence-electron chi connectivity index (χ2n) is 4.69. The third-order valence-electron chi connectivity index (χ3n) is 3.17. The van der Waals surface area contributed by atoms with Crippen LogP contribution in [-0.4, -0.2) is 14.8 Å². The number of aromatic nitrogens is 3. The van der Waals surface area contributed by atoms with Gasteiger partial charge < -0.3 is 0 Å². The molecule has 0 amide bonds. The summed E-state index contributed by atoms with van der Waals surface area (Å²) in [5.74, 6) is -1.07. The third kappa shape index (κ3) is 2.33. The molecule has 0 bridgehead atoms. The first-order valence-corrected chi connectivity index (χ1v) is 6.47. The molecule has 0 spiro atoms. The maximum Gasteiger partial charge on any atom is 0.176 e. The minimum absolute atomic E-state index is 0.219. The predicted octanol–water partition coefficient (Wildman–Crippen LogP) is 3.39. The Morgan fingerprint density at radius 1 is 1.14 bits per heavy atom. The van der Waals surface area contributed by atoms with Gasteiger partial charge in [-0.2, -0.15) is 10.4 Å². The zero-order chi connectivity index (χ0) is 15.7. The summed E-state index contributed by atoms with van der Waals surface area (Å²) >= 11 is 0. The Kier molecular flexibility index (Phi) is 3.39. The monoisotopic (exact) mass is 296 g/mol. The number of hydrogen-bond donors (Lipinski definition) is 0. The minimum Gasteiger partial charge on any atom is -0.243 e. The van der Waals surface area contributed by atoms with E-state index in [1.54, 1.807) is 31.2 Å². The zero-order valence-corrected chi connectivity index (χ0v) is 11.6. The Labute approximate surface area is 125 Å².